The second-order valence-electron chi connectivity index (χ2n) is 2.88. The Morgan fingerprint density at radius 1 is 1.45 bits per heavy atom. The van der Waals surface area contributed by atoms with Crippen molar-refractivity contribution in [3.05, 3.63) is 0 Å². The van der Waals surface area contributed by atoms with Crippen molar-refractivity contribution in [3.63, 3.8) is 0 Å². The number of carbonyl (C=O) groups excluding carboxylic acids is 1. The molecule has 3 heteroatoms. The molecule has 1 aliphatic heterocycles. The Morgan fingerprint density at radius 3 is 3.00 bits per heavy atom. The van der Waals surface area contributed by atoms with Gasteiger partial charge >= 0.3 is 5.97 Å². The first-order valence-corrected chi connectivity index (χ1v) is 4.16. The van der Waals surface area contributed by atoms with E-state index in [-0.39, 0.29) is 12.0 Å². The first-order valence-electron chi connectivity index (χ1n) is 4.16. The molecule has 1 atom stereocenters. The number of hydrogen-bond donors (Lipinski definition) is 1. The van der Waals surface area contributed by atoms with Gasteiger partial charge in [0.05, 0.1) is 7.11 Å². The molecule has 1 saturated heterocycles. The zero-order chi connectivity index (χ0) is 8.10. The Morgan fingerprint density at radius 2 is 2.27 bits per heavy atom. The van der Waals surface area contributed by atoms with Crippen LogP contribution < -0.4 is 5.32 Å². The molecule has 0 aromatic rings. The summed E-state index contributed by atoms with van der Waals surface area (Å²) in [4.78, 5) is 11.0. The molecule has 11 heavy (non-hydrogen) atoms. The Bertz CT molecular complexity index is 128. The smallest absolute Gasteiger partial charge is 0.322 e. The zero-order valence-electron chi connectivity index (χ0n) is 6.93. The zero-order valence-corrected chi connectivity index (χ0v) is 6.93. The molecule has 0 saturated carbocycles. The largest absolute Gasteiger partial charge is 0.468 e. The van der Waals surface area contributed by atoms with Crippen molar-refractivity contribution in [3.8, 4) is 0 Å². The molecule has 1 fully saturated rings. The lowest BCUT2D eigenvalue weighted by Crippen LogP contribution is -2.36. The molecule has 0 bridgehead atoms. The van der Waals surface area contributed by atoms with E-state index < -0.39 is 0 Å². The van der Waals surface area contributed by atoms with E-state index in [1.54, 1.807) is 0 Å². The molecular formula is C8H15NO2. The lowest BCUT2D eigenvalue weighted by Gasteiger charge is -2.11. The summed E-state index contributed by atoms with van der Waals surface area (Å²) in [6, 6.07) is -0.0532. The molecule has 0 aliphatic carbocycles. The van der Waals surface area contributed by atoms with E-state index in [0.29, 0.717) is 0 Å². The summed E-state index contributed by atoms with van der Waals surface area (Å²) >= 11 is 0. The first kappa shape index (κ1) is 8.53. The molecule has 1 aliphatic rings. The summed E-state index contributed by atoms with van der Waals surface area (Å²) in [5.74, 6) is -0.119. The monoisotopic (exact) mass is 157 g/mol. The summed E-state index contributed by atoms with van der Waals surface area (Å²) in [5, 5.41) is 3.16. The minimum atomic E-state index is -0.119. The molecule has 1 rings (SSSR count). The van der Waals surface area contributed by atoms with Gasteiger partial charge in [0.2, 0.25) is 0 Å². The van der Waals surface area contributed by atoms with Gasteiger partial charge in [-0.2, -0.15) is 0 Å². The van der Waals surface area contributed by atoms with Crippen LogP contribution >= 0.6 is 0 Å². The number of esters is 1. The highest BCUT2D eigenvalue weighted by atomic mass is 16.5. The maximum absolute atomic E-state index is 11.0. The third-order valence-corrected chi connectivity index (χ3v) is 2.05. The number of nitrogens with one attached hydrogen (secondary N) is 1. The topological polar surface area (TPSA) is 38.3 Å². The van der Waals surface area contributed by atoms with Crippen LogP contribution in [0.25, 0.3) is 0 Å². The van der Waals surface area contributed by atoms with Gasteiger partial charge in [0, 0.05) is 0 Å². The van der Waals surface area contributed by atoms with Gasteiger partial charge in [-0.1, -0.05) is 12.8 Å². The number of ether oxygens (including phenoxy) is 1. The number of rotatable bonds is 1. The number of carbonyl (C=O) groups is 1. The highest BCUT2D eigenvalue weighted by molar-refractivity contribution is 5.75. The SMILES string of the molecule is COC(=O)[C@@H]1CCCCCN1. The van der Waals surface area contributed by atoms with Gasteiger partial charge in [-0.05, 0) is 19.4 Å². The third-order valence-electron chi connectivity index (χ3n) is 2.05. The molecule has 1 N–H and O–H groups in total. The molecule has 3 nitrogen and oxygen atoms in total. The van der Waals surface area contributed by atoms with Crippen LogP contribution in [-0.4, -0.2) is 25.7 Å². The second-order valence-corrected chi connectivity index (χ2v) is 2.88. The predicted molar refractivity (Wildman–Crippen MR) is 42.3 cm³/mol. The standard InChI is InChI=1S/C8H15NO2/c1-11-8(10)7-5-3-2-4-6-9-7/h7,9H,2-6H2,1H3/t7-/m0/s1. The average molecular weight is 157 g/mol. The van der Waals surface area contributed by atoms with Crippen molar-refractivity contribution in [2.24, 2.45) is 0 Å². The van der Waals surface area contributed by atoms with Gasteiger partial charge < -0.3 is 10.1 Å². The van der Waals surface area contributed by atoms with Crippen molar-refractivity contribution < 1.29 is 9.53 Å². The molecule has 0 radical (unpaired) electrons. The predicted octanol–water partition coefficient (Wildman–Crippen LogP) is 0.692. The Labute approximate surface area is 67.1 Å². The summed E-state index contributed by atoms with van der Waals surface area (Å²) in [6.07, 6.45) is 4.45. The van der Waals surface area contributed by atoms with Crippen molar-refractivity contribution in [2.45, 2.75) is 31.7 Å². The minimum Gasteiger partial charge on any atom is -0.468 e. The molecule has 0 amide bonds. The summed E-state index contributed by atoms with van der Waals surface area (Å²) in [5.41, 5.74) is 0. The fraction of sp³-hybridized carbons (Fsp3) is 0.875. The summed E-state index contributed by atoms with van der Waals surface area (Å²) < 4.78 is 4.64. The van der Waals surface area contributed by atoms with Crippen LogP contribution in [0.3, 0.4) is 0 Å². The normalized spacial score (nSPS) is 25.7. The van der Waals surface area contributed by atoms with Gasteiger partial charge in [-0.3, -0.25) is 4.79 Å². The van der Waals surface area contributed by atoms with Crippen molar-refractivity contribution in [2.75, 3.05) is 13.7 Å². The van der Waals surface area contributed by atoms with Gasteiger partial charge in [0.1, 0.15) is 6.04 Å². The third kappa shape index (κ3) is 2.50. The number of methoxy groups -OCH3 is 1. The Hall–Kier alpha value is -0.570. The van der Waals surface area contributed by atoms with Crippen molar-refractivity contribution in [1.29, 1.82) is 0 Å². The van der Waals surface area contributed by atoms with E-state index >= 15 is 0 Å². The van der Waals surface area contributed by atoms with Crippen LogP contribution in [0.2, 0.25) is 0 Å². The molecule has 1 heterocycles. The van der Waals surface area contributed by atoms with Gasteiger partial charge in [0.25, 0.3) is 0 Å². The van der Waals surface area contributed by atoms with E-state index in [0.717, 1.165) is 19.4 Å². The van der Waals surface area contributed by atoms with Crippen molar-refractivity contribution in [1.82, 2.24) is 5.32 Å². The quantitative estimate of drug-likeness (QED) is 0.569. The highest BCUT2D eigenvalue weighted by Gasteiger charge is 2.19. The van der Waals surface area contributed by atoms with E-state index in [2.05, 4.69) is 10.1 Å². The van der Waals surface area contributed by atoms with E-state index in [9.17, 15) is 4.79 Å². The average Bonchev–Trinajstić information content (AvgIpc) is 2.30. The lowest BCUT2D eigenvalue weighted by molar-refractivity contribution is -0.143. The molecule has 0 aromatic carbocycles. The maximum atomic E-state index is 11.0. The van der Waals surface area contributed by atoms with E-state index in [1.165, 1.54) is 20.0 Å². The molecule has 0 aromatic heterocycles. The second kappa shape index (κ2) is 4.34. The molecule has 64 valence electrons. The van der Waals surface area contributed by atoms with Crippen LogP contribution in [-0.2, 0) is 9.53 Å². The van der Waals surface area contributed by atoms with Crippen LogP contribution in [0.4, 0.5) is 0 Å². The molecule has 0 unspecified atom stereocenters. The summed E-state index contributed by atoms with van der Waals surface area (Å²) in [7, 11) is 1.44. The van der Waals surface area contributed by atoms with Crippen LogP contribution in [0.15, 0.2) is 0 Å². The number of hydrogen-bond acceptors (Lipinski definition) is 3. The van der Waals surface area contributed by atoms with Crippen molar-refractivity contribution >= 4 is 5.97 Å². The minimum absolute atomic E-state index is 0.0532. The molecular weight excluding hydrogens is 142 g/mol. The maximum Gasteiger partial charge on any atom is 0.322 e. The van der Waals surface area contributed by atoms with Crippen LogP contribution in [0, 0.1) is 0 Å². The molecule has 0 spiro atoms. The first-order chi connectivity index (χ1) is 5.34. The van der Waals surface area contributed by atoms with Crippen LogP contribution in [0.1, 0.15) is 25.7 Å². The summed E-state index contributed by atoms with van der Waals surface area (Å²) in [6.45, 7) is 0.944. The Kier molecular flexibility index (Phi) is 3.36. The van der Waals surface area contributed by atoms with Gasteiger partial charge in [-0.25, -0.2) is 0 Å². The fourth-order valence-electron chi connectivity index (χ4n) is 1.37. The van der Waals surface area contributed by atoms with Crippen LogP contribution in [0.5, 0.6) is 0 Å². The van der Waals surface area contributed by atoms with Gasteiger partial charge in [0.15, 0.2) is 0 Å². The fourth-order valence-corrected chi connectivity index (χ4v) is 1.37. The van der Waals surface area contributed by atoms with E-state index in [4.69, 9.17) is 0 Å². The highest BCUT2D eigenvalue weighted by Crippen LogP contribution is 2.08. The van der Waals surface area contributed by atoms with E-state index in [1.807, 2.05) is 0 Å². The van der Waals surface area contributed by atoms with Gasteiger partial charge in [-0.15, -0.1) is 0 Å². The lowest BCUT2D eigenvalue weighted by atomic mass is 10.1. The Balaban J connectivity index is 2.36.